The summed E-state index contributed by atoms with van der Waals surface area (Å²) in [5.74, 6) is 1.03. The molecule has 2 unspecified atom stereocenters. The van der Waals surface area contributed by atoms with E-state index in [1.54, 1.807) is 11.8 Å². The minimum atomic E-state index is -0.240. The van der Waals surface area contributed by atoms with E-state index in [-0.39, 0.29) is 17.5 Å². The number of nitrogens with zero attached hydrogens (tertiary/aromatic N) is 1. The monoisotopic (exact) mass is 257 g/mol. The maximum absolute atomic E-state index is 11.9. The molecule has 0 bridgehead atoms. The zero-order chi connectivity index (χ0) is 13.1. The number of hydrogen-bond donors (Lipinski definition) is 2. The molecule has 1 rings (SSSR count). The Morgan fingerprint density at radius 3 is 2.71 bits per heavy atom. The summed E-state index contributed by atoms with van der Waals surface area (Å²) in [5.41, 5.74) is -0.191. The van der Waals surface area contributed by atoms with Gasteiger partial charge in [-0.3, -0.25) is 9.79 Å². The van der Waals surface area contributed by atoms with Crippen LogP contribution in [0.25, 0.3) is 0 Å². The van der Waals surface area contributed by atoms with Crippen LogP contribution < -0.4 is 10.6 Å². The Labute approximate surface area is 108 Å². The zero-order valence-electron chi connectivity index (χ0n) is 11.3. The zero-order valence-corrected chi connectivity index (χ0v) is 12.1. The summed E-state index contributed by atoms with van der Waals surface area (Å²) >= 11 is 1.70. The van der Waals surface area contributed by atoms with Gasteiger partial charge in [-0.1, -0.05) is 18.7 Å². The van der Waals surface area contributed by atoms with E-state index in [0.29, 0.717) is 6.04 Å². The summed E-state index contributed by atoms with van der Waals surface area (Å²) in [6.45, 7) is 9.93. The number of amidine groups is 1. The molecule has 4 nitrogen and oxygen atoms in total. The van der Waals surface area contributed by atoms with Gasteiger partial charge in [-0.25, -0.2) is 0 Å². The van der Waals surface area contributed by atoms with Crippen LogP contribution in [0.1, 0.15) is 41.0 Å². The highest BCUT2D eigenvalue weighted by Crippen LogP contribution is 2.18. The van der Waals surface area contributed by atoms with E-state index in [9.17, 15) is 4.79 Å². The van der Waals surface area contributed by atoms with Gasteiger partial charge in [0.1, 0.15) is 6.04 Å². The van der Waals surface area contributed by atoms with Crippen molar-refractivity contribution in [3.8, 4) is 0 Å². The van der Waals surface area contributed by atoms with Crippen molar-refractivity contribution in [3.63, 3.8) is 0 Å². The second kappa shape index (κ2) is 5.76. The van der Waals surface area contributed by atoms with Crippen LogP contribution in [0, 0.1) is 0 Å². The lowest BCUT2D eigenvalue weighted by atomic mass is 10.1. The summed E-state index contributed by atoms with van der Waals surface area (Å²) in [6.07, 6.45) is 1.06. The normalized spacial score (nSPS) is 21.9. The quantitative estimate of drug-likeness (QED) is 0.810. The molecule has 98 valence electrons. The topological polar surface area (TPSA) is 53.5 Å². The predicted octanol–water partition coefficient (Wildman–Crippen LogP) is 1.76. The standard InChI is InChI=1S/C12H23N3OS/c1-6-9-7-17-11(14-9)13-8(2)10(16)15-12(3,4)5/h8-9H,6-7H2,1-5H3,(H,13,14)(H,15,16). The summed E-state index contributed by atoms with van der Waals surface area (Å²) in [7, 11) is 0. The molecule has 1 heterocycles. The molecular formula is C12H23N3OS. The van der Waals surface area contributed by atoms with Crippen LogP contribution in [0.5, 0.6) is 0 Å². The molecule has 17 heavy (non-hydrogen) atoms. The molecule has 0 spiro atoms. The number of carbonyl (C=O) groups is 1. The largest absolute Gasteiger partial charge is 0.353 e. The molecule has 1 aliphatic heterocycles. The number of rotatable bonds is 3. The first-order valence-electron chi connectivity index (χ1n) is 6.11. The Morgan fingerprint density at radius 1 is 1.59 bits per heavy atom. The second-order valence-electron chi connectivity index (χ2n) is 5.41. The van der Waals surface area contributed by atoms with Crippen molar-refractivity contribution in [2.45, 2.75) is 58.7 Å². The van der Waals surface area contributed by atoms with Gasteiger partial charge in [0.2, 0.25) is 5.91 Å². The fourth-order valence-electron chi connectivity index (χ4n) is 1.43. The first-order valence-corrected chi connectivity index (χ1v) is 7.09. The van der Waals surface area contributed by atoms with Gasteiger partial charge in [-0.05, 0) is 34.1 Å². The summed E-state index contributed by atoms with van der Waals surface area (Å²) in [4.78, 5) is 16.4. The molecule has 0 saturated carbocycles. The van der Waals surface area contributed by atoms with Crippen molar-refractivity contribution in [3.05, 3.63) is 0 Å². The Morgan fingerprint density at radius 2 is 2.24 bits per heavy atom. The van der Waals surface area contributed by atoms with Gasteiger partial charge >= 0.3 is 0 Å². The number of amides is 1. The number of nitrogens with one attached hydrogen (secondary N) is 2. The Bertz CT molecular complexity index is 309. The van der Waals surface area contributed by atoms with Crippen LogP contribution in [0.4, 0.5) is 0 Å². The van der Waals surface area contributed by atoms with Crippen LogP contribution in [-0.2, 0) is 4.79 Å². The lowest BCUT2D eigenvalue weighted by Crippen LogP contribution is -2.50. The minimum Gasteiger partial charge on any atom is -0.353 e. The van der Waals surface area contributed by atoms with Crippen molar-refractivity contribution in [2.24, 2.45) is 4.99 Å². The van der Waals surface area contributed by atoms with Gasteiger partial charge < -0.3 is 10.6 Å². The van der Waals surface area contributed by atoms with E-state index in [2.05, 4.69) is 22.5 Å². The number of aliphatic imine (C=N–C) groups is 1. The highest BCUT2D eigenvalue weighted by atomic mass is 32.2. The first kappa shape index (κ1) is 14.4. The Kier molecular flexibility index (Phi) is 4.86. The predicted molar refractivity (Wildman–Crippen MR) is 74.5 cm³/mol. The van der Waals surface area contributed by atoms with Gasteiger partial charge in [-0.15, -0.1) is 0 Å². The van der Waals surface area contributed by atoms with Crippen molar-refractivity contribution >= 4 is 22.8 Å². The number of hydrogen-bond acceptors (Lipinski definition) is 4. The van der Waals surface area contributed by atoms with Crippen molar-refractivity contribution in [1.82, 2.24) is 10.6 Å². The molecule has 0 fully saturated rings. The van der Waals surface area contributed by atoms with Crippen molar-refractivity contribution < 1.29 is 4.79 Å². The lowest BCUT2D eigenvalue weighted by Gasteiger charge is -2.23. The van der Waals surface area contributed by atoms with E-state index in [4.69, 9.17) is 0 Å². The summed E-state index contributed by atoms with van der Waals surface area (Å²) in [5, 5.41) is 7.02. The molecule has 0 aliphatic carbocycles. The van der Waals surface area contributed by atoms with Gasteiger partial charge in [0.05, 0.1) is 6.04 Å². The number of carbonyl (C=O) groups excluding carboxylic acids is 1. The molecule has 1 aliphatic rings. The third kappa shape index (κ3) is 4.98. The van der Waals surface area contributed by atoms with Crippen molar-refractivity contribution in [1.29, 1.82) is 0 Å². The van der Waals surface area contributed by atoms with Crippen LogP contribution >= 0.6 is 11.8 Å². The van der Waals surface area contributed by atoms with Gasteiger partial charge in [0.25, 0.3) is 0 Å². The molecule has 2 N–H and O–H groups in total. The second-order valence-corrected chi connectivity index (χ2v) is 6.42. The van der Waals surface area contributed by atoms with Crippen molar-refractivity contribution in [2.75, 3.05) is 5.75 Å². The SMILES string of the molecule is CCC1CSC(NC(C)C(=O)NC(C)(C)C)=N1. The Hall–Kier alpha value is -0.710. The highest BCUT2D eigenvalue weighted by Gasteiger charge is 2.23. The number of thioether (sulfide) groups is 1. The summed E-state index contributed by atoms with van der Waals surface area (Å²) < 4.78 is 0. The fraction of sp³-hybridized carbons (Fsp3) is 0.833. The van der Waals surface area contributed by atoms with E-state index < -0.39 is 0 Å². The van der Waals surface area contributed by atoms with E-state index in [0.717, 1.165) is 17.3 Å². The molecule has 1 amide bonds. The van der Waals surface area contributed by atoms with E-state index in [1.807, 2.05) is 27.7 Å². The molecular weight excluding hydrogens is 234 g/mol. The average molecular weight is 257 g/mol. The molecule has 5 heteroatoms. The van der Waals surface area contributed by atoms with Crippen LogP contribution in [0.2, 0.25) is 0 Å². The molecule has 0 aromatic heterocycles. The highest BCUT2D eigenvalue weighted by molar-refractivity contribution is 8.14. The van der Waals surface area contributed by atoms with Crippen LogP contribution in [0.3, 0.4) is 0 Å². The average Bonchev–Trinajstić information content (AvgIpc) is 2.62. The minimum absolute atomic E-state index is 0.0146. The Balaban J connectivity index is 2.44. The fourth-order valence-corrected chi connectivity index (χ4v) is 2.58. The van der Waals surface area contributed by atoms with Crippen LogP contribution in [-0.4, -0.2) is 34.5 Å². The smallest absolute Gasteiger partial charge is 0.242 e. The van der Waals surface area contributed by atoms with Crippen LogP contribution in [0.15, 0.2) is 4.99 Å². The molecule has 2 atom stereocenters. The lowest BCUT2D eigenvalue weighted by molar-refractivity contribution is -0.123. The maximum Gasteiger partial charge on any atom is 0.242 e. The first-order chi connectivity index (χ1) is 7.81. The van der Waals surface area contributed by atoms with Gasteiger partial charge in [0.15, 0.2) is 5.17 Å². The van der Waals surface area contributed by atoms with E-state index >= 15 is 0 Å². The molecule has 0 aromatic rings. The molecule has 0 aromatic carbocycles. The third-order valence-corrected chi connectivity index (χ3v) is 3.46. The van der Waals surface area contributed by atoms with E-state index in [1.165, 1.54) is 0 Å². The molecule has 0 radical (unpaired) electrons. The van der Waals surface area contributed by atoms with Gasteiger partial charge in [-0.2, -0.15) is 0 Å². The van der Waals surface area contributed by atoms with Gasteiger partial charge in [0, 0.05) is 11.3 Å². The molecule has 0 saturated heterocycles. The maximum atomic E-state index is 11.9. The summed E-state index contributed by atoms with van der Waals surface area (Å²) in [6, 6.07) is 0.163. The third-order valence-electron chi connectivity index (χ3n) is 2.41.